The summed E-state index contributed by atoms with van der Waals surface area (Å²) in [6.07, 6.45) is 2.44. The molecule has 1 amide bonds. The first-order chi connectivity index (χ1) is 15.1. The first-order valence-corrected chi connectivity index (χ1v) is 12.0. The predicted octanol–water partition coefficient (Wildman–Crippen LogP) is 2.31. The minimum absolute atomic E-state index is 0.0718. The van der Waals surface area contributed by atoms with Crippen LogP contribution in [0.1, 0.15) is 6.42 Å². The average Bonchev–Trinajstić information content (AvgIpc) is 3.17. The Bertz CT molecular complexity index is 1140. The number of hydrogen-bond acceptors (Lipinski definition) is 5. The number of hydrogen-bond donors (Lipinski definition) is 1. The molecule has 8 heteroatoms. The molecule has 0 spiro atoms. The molecule has 1 aliphatic rings. The van der Waals surface area contributed by atoms with Crippen molar-refractivity contribution in [1.82, 2.24) is 14.8 Å². The van der Waals surface area contributed by atoms with E-state index in [2.05, 4.69) is 10.2 Å². The van der Waals surface area contributed by atoms with Gasteiger partial charge in [-0.3, -0.25) is 9.69 Å². The molecule has 0 aliphatic carbocycles. The third kappa shape index (κ3) is 4.98. The fourth-order valence-electron chi connectivity index (χ4n) is 3.85. The number of nitrogens with zero attached hydrogens (tertiary/aromatic N) is 2. The predicted molar refractivity (Wildman–Crippen MR) is 119 cm³/mol. The minimum Gasteiger partial charge on any atom is -0.379 e. The van der Waals surface area contributed by atoms with Gasteiger partial charge in [0.15, 0.2) is 0 Å². The molecule has 2 heterocycles. The topological polar surface area (TPSA) is 80.6 Å². The molecular weight excluding hydrogens is 414 g/mol. The summed E-state index contributed by atoms with van der Waals surface area (Å²) in [4.78, 5) is 15.3. The van der Waals surface area contributed by atoms with Gasteiger partial charge in [0.1, 0.15) is 6.54 Å². The maximum atomic E-state index is 13.2. The number of nitrogens with one attached hydrogen (secondary N) is 1. The highest BCUT2D eigenvalue weighted by molar-refractivity contribution is 7.91. The first kappa shape index (κ1) is 21.5. The van der Waals surface area contributed by atoms with Crippen LogP contribution in [0.5, 0.6) is 0 Å². The molecule has 1 aliphatic heterocycles. The number of carbonyl (C=O) groups excluding carboxylic acids is 1. The van der Waals surface area contributed by atoms with Crippen LogP contribution in [-0.2, 0) is 25.9 Å². The van der Waals surface area contributed by atoms with Crippen LogP contribution in [0.15, 0.2) is 70.6 Å². The minimum atomic E-state index is -3.68. The summed E-state index contributed by atoms with van der Waals surface area (Å²) >= 11 is 0. The molecule has 7 nitrogen and oxygen atoms in total. The maximum Gasteiger partial charge on any atom is 0.239 e. The van der Waals surface area contributed by atoms with Gasteiger partial charge in [-0.15, -0.1) is 0 Å². The van der Waals surface area contributed by atoms with Crippen molar-refractivity contribution in [2.45, 2.75) is 22.8 Å². The highest BCUT2D eigenvalue weighted by Gasteiger charge is 2.23. The van der Waals surface area contributed by atoms with E-state index in [4.69, 9.17) is 4.74 Å². The van der Waals surface area contributed by atoms with Crippen LogP contribution in [0.25, 0.3) is 10.9 Å². The number of para-hydroxylation sites is 1. The number of sulfone groups is 1. The highest BCUT2D eigenvalue weighted by Crippen LogP contribution is 2.30. The molecule has 0 unspecified atom stereocenters. The molecule has 2 aromatic carbocycles. The maximum absolute atomic E-state index is 13.2. The Balaban J connectivity index is 1.45. The lowest BCUT2D eigenvalue weighted by atomic mass is 10.2. The van der Waals surface area contributed by atoms with Crippen LogP contribution >= 0.6 is 0 Å². The van der Waals surface area contributed by atoms with E-state index in [1.807, 2.05) is 18.2 Å². The number of rotatable bonds is 8. The van der Waals surface area contributed by atoms with E-state index in [0.717, 1.165) is 44.8 Å². The lowest BCUT2D eigenvalue weighted by Crippen LogP contribution is -2.38. The van der Waals surface area contributed by atoms with E-state index < -0.39 is 9.84 Å². The molecule has 0 radical (unpaired) electrons. The van der Waals surface area contributed by atoms with Gasteiger partial charge in [0, 0.05) is 36.7 Å². The quantitative estimate of drug-likeness (QED) is 0.543. The Morgan fingerprint density at radius 1 is 1.00 bits per heavy atom. The smallest absolute Gasteiger partial charge is 0.239 e. The van der Waals surface area contributed by atoms with Gasteiger partial charge in [0.2, 0.25) is 15.7 Å². The molecule has 1 fully saturated rings. The van der Waals surface area contributed by atoms with Crippen molar-refractivity contribution in [3.63, 3.8) is 0 Å². The van der Waals surface area contributed by atoms with Crippen molar-refractivity contribution in [2.24, 2.45) is 0 Å². The first-order valence-electron chi connectivity index (χ1n) is 10.5. The van der Waals surface area contributed by atoms with Crippen LogP contribution in [0.2, 0.25) is 0 Å². The average molecular weight is 442 g/mol. The Morgan fingerprint density at radius 3 is 2.48 bits per heavy atom. The molecule has 0 saturated carbocycles. The molecular formula is C23H27N3O4S. The Kier molecular flexibility index (Phi) is 6.70. The van der Waals surface area contributed by atoms with E-state index in [-0.39, 0.29) is 22.2 Å². The van der Waals surface area contributed by atoms with Gasteiger partial charge in [-0.2, -0.15) is 0 Å². The molecule has 31 heavy (non-hydrogen) atoms. The van der Waals surface area contributed by atoms with Gasteiger partial charge in [-0.1, -0.05) is 36.4 Å². The van der Waals surface area contributed by atoms with Crippen LogP contribution in [0.4, 0.5) is 0 Å². The molecule has 3 aromatic rings. The van der Waals surface area contributed by atoms with Crippen molar-refractivity contribution in [3.8, 4) is 0 Å². The van der Waals surface area contributed by atoms with Gasteiger partial charge in [0.05, 0.1) is 23.0 Å². The summed E-state index contributed by atoms with van der Waals surface area (Å²) in [5, 5.41) is 3.57. The van der Waals surface area contributed by atoms with Crippen LogP contribution in [0, 0.1) is 0 Å². The fourth-order valence-corrected chi connectivity index (χ4v) is 5.35. The third-order valence-corrected chi connectivity index (χ3v) is 7.28. The van der Waals surface area contributed by atoms with E-state index in [1.54, 1.807) is 47.2 Å². The third-order valence-electron chi connectivity index (χ3n) is 5.49. The number of aromatic nitrogens is 1. The summed E-state index contributed by atoms with van der Waals surface area (Å²) < 4.78 is 33.4. The van der Waals surface area contributed by atoms with Gasteiger partial charge < -0.3 is 14.6 Å². The van der Waals surface area contributed by atoms with E-state index in [9.17, 15) is 13.2 Å². The van der Waals surface area contributed by atoms with E-state index in [0.29, 0.717) is 11.9 Å². The standard InChI is InChI=1S/C23H27N3O4S/c27-23(24-11-6-12-25-13-15-30-16-14-25)18-26-17-22(20-9-4-5-10-21(20)26)31(28,29)19-7-2-1-3-8-19/h1-5,7-10,17H,6,11-16,18H2,(H,24,27). The van der Waals surface area contributed by atoms with Gasteiger partial charge in [0.25, 0.3) is 0 Å². The van der Waals surface area contributed by atoms with Gasteiger partial charge in [-0.05, 0) is 31.2 Å². The zero-order valence-electron chi connectivity index (χ0n) is 17.4. The zero-order chi connectivity index (χ0) is 21.7. The number of benzene rings is 2. The zero-order valence-corrected chi connectivity index (χ0v) is 18.2. The summed E-state index contributed by atoms with van der Waals surface area (Å²) in [5.74, 6) is -0.133. The number of amides is 1. The molecule has 1 saturated heterocycles. The summed E-state index contributed by atoms with van der Waals surface area (Å²) in [5.41, 5.74) is 0.723. The Morgan fingerprint density at radius 2 is 1.71 bits per heavy atom. The fraction of sp³-hybridized carbons (Fsp3) is 0.348. The van der Waals surface area contributed by atoms with Crippen LogP contribution in [-0.4, -0.2) is 63.2 Å². The van der Waals surface area contributed by atoms with Gasteiger partial charge in [-0.25, -0.2) is 8.42 Å². The number of fused-ring (bicyclic) bond motifs is 1. The van der Waals surface area contributed by atoms with Crippen LogP contribution < -0.4 is 5.32 Å². The summed E-state index contributed by atoms with van der Waals surface area (Å²) in [7, 11) is -3.68. The van der Waals surface area contributed by atoms with Crippen molar-refractivity contribution < 1.29 is 17.9 Å². The lowest BCUT2D eigenvalue weighted by Gasteiger charge is -2.26. The molecule has 0 bridgehead atoms. The summed E-state index contributed by atoms with van der Waals surface area (Å²) in [6, 6.07) is 15.6. The second kappa shape index (κ2) is 9.64. The molecule has 4 rings (SSSR count). The second-order valence-electron chi connectivity index (χ2n) is 7.61. The molecule has 1 N–H and O–H groups in total. The lowest BCUT2D eigenvalue weighted by molar-refractivity contribution is -0.121. The normalized spacial score (nSPS) is 15.2. The van der Waals surface area contributed by atoms with Crippen LogP contribution in [0.3, 0.4) is 0 Å². The van der Waals surface area contributed by atoms with Crippen molar-refractivity contribution in [1.29, 1.82) is 0 Å². The monoisotopic (exact) mass is 441 g/mol. The Labute approximate surface area is 182 Å². The SMILES string of the molecule is O=C(Cn1cc(S(=O)(=O)c2ccccc2)c2ccccc21)NCCCN1CCOCC1. The van der Waals surface area contributed by atoms with Crippen molar-refractivity contribution in [2.75, 3.05) is 39.4 Å². The van der Waals surface area contributed by atoms with Crippen molar-refractivity contribution in [3.05, 3.63) is 60.8 Å². The van der Waals surface area contributed by atoms with Crippen molar-refractivity contribution >= 4 is 26.6 Å². The van der Waals surface area contributed by atoms with E-state index >= 15 is 0 Å². The number of carbonyl (C=O) groups is 1. The highest BCUT2D eigenvalue weighted by atomic mass is 32.2. The summed E-state index contributed by atoms with van der Waals surface area (Å²) in [6.45, 7) is 4.98. The Hall–Kier alpha value is -2.68. The number of morpholine rings is 1. The second-order valence-corrected chi connectivity index (χ2v) is 9.53. The van der Waals surface area contributed by atoms with Gasteiger partial charge >= 0.3 is 0 Å². The molecule has 1 aromatic heterocycles. The number of ether oxygens (including phenoxy) is 1. The molecule has 0 atom stereocenters. The molecule has 164 valence electrons. The van der Waals surface area contributed by atoms with E-state index in [1.165, 1.54) is 0 Å². The largest absolute Gasteiger partial charge is 0.379 e.